The topological polar surface area (TPSA) is 80.4 Å². The van der Waals surface area contributed by atoms with Crippen molar-refractivity contribution in [2.45, 2.75) is 18.6 Å². The molecule has 0 amide bonds. The highest BCUT2D eigenvalue weighted by Gasteiger charge is 2.38. The molecule has 0 aromatic heterocycles. The molecule has 4 nitrogen and oxygen atoms in total. The highest BCUT2D eigenvalue weighted by atomic mass is 16.3. The minimum absolute atomic E-state index is 0.0184. The van der Waals surface area contributed by atoms with Crippen molar-refractivity contribution >= 4 is 12.1 Å². The van der Waals surface area contributed by atoms with Gasteiger partial charge in [-0.05, 0) is 0 Å². The Bertz CT molecular complexity index is 168. The van der Waals surface area contributed by atoms with Crippen LogP contribution in [0.3, 0.4) is 0 Å². The first kappa shape index (κ1) is 7.37. The number of aliphatic hydroxyl groups is 1. The van der Waals surface area contributed by atoms with Crippen LogP contribution in [0.4, 0.5) is 0 Å². The molecule has 0 aliphatic heterocycles. The second kappa shape index (κ2) is 2.48. The molecule has 3 unspecified atom stereocenters. The van der Waals surface area contributed by atoms with E-state index in [1.54, 1.807) is 0 Å². The van der Waals surface area contributed by atoms with Crippen molar-refractivity contribution in [3.05, 3.63) is 0 Å². The molecule has 3 atom stereocenters. The lowest BCUT2D eigenvalue weighted by molar-refractivity contribution is -0.125. The van der Waals surface area contributed by atoms with E-state index in [1.165, 1.54) is 0 Å². The molecule has 1 saturated carbocycles. The van der Waals surface area contributed by atoms with Crippen LogP contribution in [0.2, 0.25) is 0 Å². The molecule has 1 rings (SSSR count). The van der Waals surface area contributed by atoms with Gasteiger partial charge in [0.25, 0.3) is 0 Å². The number of rotatable bonds is 1. The zero-order valence-corrected chi connectivity index (χ0v) is 5.36. The normalized spacial score (nSPS) is 40.2. The fraction of sp³-hybridized carbons (Fsp3) is 0.667. The maximum Gasteiger partial charge on any atom is 0.147 e. The zero-order chi connectivity index (χ0) is 7.72. The number of aldehydes is 1. The summed E-state index contributed by atoms with van der Waals surface area (Å²) in [5.74, 6) is -1.04. The van der Waals surface area contributed by atoms with Gasteiger partial charge in [-0.3, -0.25) is 4.79 Å². The molecule has 56 valence electrons. The third-order valence-corrected chi connectivity index (χ3v) is 1.79. The number of aliphatic hydroxyl groups excluding tert-OH is 1. The van der Waals surface area contributed by atoms with Crippen LogP contribution in [-0.4, -0.2) is 29.3 Å². The van der Waals surface area contributed by atoms with E-state index in [0.29, 0.717) is 6.29 Å². The molecule has 0 radical (unpaired) electrons. The molecule has 0 aromatic carbocycles. The lowest BCUT2D eigenvalue weighted by Gasteiger charge is -2.08. The van der Waals surface area contributed by atoms with Gasteiger partial charge in [-0.2, -0.15) is 0 Å². The number of Topliss-reactive ketones (excluding diaryl/α,β-unsaturated/α-hetero) is 1. The van der Waals surface area contributed by atoms with Crippen molar-refractivity contribution in [2.75, 3.05) is 0 Å². The highest BCUT2D eigenvalue weighted by Crippen LogP contribution is 2.18. The van der Waals surface area contributed by atoms with E-state index < -0.39 is 18.1 Å². The summed E-state index contributed by atoms with van der Waals surface area (Å²) in [7, 11) is 0. The van der Waals surface area contributed by atoms with Gasteiger partial charge >= 0.3 is 0 Å². The quantitative estimate of drug-likeness (QED) is 0.344. The van der Waals surface area contributed by atoms with E-state index in [9.17, 15) is 9.59 Å². The fourth-order valence-corrected chi connectivity index (χ4v) is 1.10. The van der Waals surface area contributed by atoms with Gasteiger partial charge in [-0.15, -0.1) is 0 Å². The lowest BCUT2D eigenvalue weighted by Crippen LogP contribution is -2.36. The molecule has 4 heteroatoms. The zero-order valence-electron chi connectivity index (χ0n) is 5.36. The van der Waals surface area contributed by atoms with Crippen LogP contribution in [0.1, 0.15) is 6.42 Å². The molecule has 10 heavy (non-hydrogen) atoms. The Labute approximate surface area is 58.0 Å². The van der Waals surface area contributed by atoms with E-state index in [0.717, 1.165) is 0 Å². The van der Waals surface area contributed by atoms with E-state index >= 15 is 0 Å². The molecule has 1 aliphatic rings. The SMILES string of the molecule is NC1C(O)CC(=O)C1C=O. The highest BCUT2D eigenvalue weighted by molar-refractivity contribution is 5.96. The summed E-state index contributed by atoms with van der Waals surface area (Å²) in [5.41, 5.74) is 5.32. The predicted molar refractivity (Wildman–Crippen MR) is 33.2 cm³/mol. The Morgan fingerprint density at radius 2 is 2.30 bits per heavy atom. The fourth-order valence-electron chi connectivity index (χ4n) is 1.10. The van der Waals surface area contributed by atoms with E-state index in [2.05, 4.69) is 0 Å². The number of hydrogen-bond donors (Lipinski definition) is 2. The molecule has 0 spiro atoms. The predicted octanol–water partition coefficient (Wildman–Crippen LogP) is -1.54. The summed E-state index contributed by atoms with van der Waals surface area (Å²) < 4.78 is 0. The first-order valence-electron chi connectivity index (χ1n) is 3.08. The third-order valence-electron chi connectivity index (χ3n) is 1.79. The Kier molecular flexibility index (Phi) is 1.82. The average molecular weight is 143 g/mol. The van der Waals surface area contributed by atoms with Crippen LogP contribution in [0.15, 0.2) is 0 Å². The monoisotopic (exact) mass is 143 g/mol. The van der Waals surface area contributed by atoms with Crippen molar-refractivity contribution in [1.82, 2.24) is 0 Å². The van der Waals surface area contributed by atoms with Gasteiger partial charge in [0, 0.05) is 12.5 Å². The molecule has 0 heterocycles. The van der Waals surface area contributed by atoms with E-state index in [-0.39, 0.29) is 12.2 Å². The number of carbonyl (C=O) groups excluding carboxylic acids is 2. The van der Waals surface area contributed by atoms with Gasteiger partial charge in [-0.25, -0.2) is 0 Å². The molecule has 0 aromatic rings. The summed E-state index contributed by atoms with van der Waals surface area (Å²) in [6.07, 6.45) is -0.309. The summed E-state index contributed by atoms with van der Waals surface area (Å²) in [6, 6.07) is -0.690. The second-order valence-corrected chi connectivity index (χ2v) is 2.48. The Balaban J connectivity index is 2.73. The minimum Gasteiger partial charge on any atom is -0.391 e. The summed E-state index contributed by atoms with van der Waals surface area (Å²) in [5, 5.41) is 8.96. The third kappa shape index (κ3) is 0.955. The van der Waals surface area contributed by atoms with Gasteiger partial charge < -0.3 is 15.6 Å². The van der Waals surface area contributed by atoms with Crippen LogP contribution in [-0.2, 0) is 9.59 Å². The molecule has 1 fully saturated rings. The molecule has 3 N–H and O–H groups in total. The van der Waals surface area contributed by atoms with Gasteiger partial charge in [0.1, 0.15) is 12.1 Å². The van der Waals surface area contributed by atoms with Crippen LogP contribution in [0.5, 0.6) is 0 Å². The number of ketones is 1. The molecular formula is C6H9NO3. The number of nitrogens with two attached hydrogens (primary N) is 1. The molecule has 1 aliphatic carbocycles. The van der Waals surface area contributed by atoms with Crippen molar-refractivity contribution in [1.29, 1.82) is 0 Å². The van der Waals surface area contributed by atoms with Crippen LogP contribution in [0, 0.1) is 5.92 Å². The number of carbonyl (C=O) groups is 2. The van der Waals surface area contributed by atoms with Crippen molar-refractivity contribution in [2.24, 2.45) is 11.7 Å². The van der Waals surface area contributed by atoms with Crippen LogP contribution in [0.25, 0.3) is 0 Å². The summed E-state index contributed by atoms with van der Waals surface area (Å²) >= 11 is 0. The van der Waals surface area contributed by atoms with Crippen molar-refractivity contribution in [3.8, 4) is 0 Å². The largest absolute Gasteiger partial charge is 0.391 e. The second-order valence-electron chi connectivity index (χ2n) is 2.48. The first-order valence-corrected chi connectivity index (χ1v) is 3.08. The summed E-state index contributed by atoms with van der Waals surface area (Å²) in [6.45, 7) is 0. The standard InChI is InChI=1S/C6H9NO3/c7-6-3(2-8)4(9)1-5(6)10/h2-3,5-6,10H,1,7H2. The maximum absolute atomic E-state index is 10.8. The van der Waals surface area contributed by atoms with E-state index in [4.69, 9.17) is 10.8 Å². The average Bonchev–Trinajstić information content (AvgIpc) is 2.09. The van der Waals surface area contributed by atoms with Gasteiger partial charge in [-0.1, -0.05) is 0 Å². The van der Waals surface area contributed by atoms with Crippen LogP contribution >= 0.6 is 0 Å². The van der Waals surface area contributed by atoms with Crippen molar-refractivity contribution in [3.63, 3.8) is 0 Å². The first-order chi connectivity index (χ1) is 4.66. The Hall–Kier alpha value is -0.740. The summed E-state index contributed by atoms with van der Waals surface area (Å²) in [4.78, 5) is 20.9. The Morgan fingerprint density at radius 1 is 1.70 bits per heavy atom. The number of hydrogen-bond acceptors (Lipinski definition) is 4. The molecular weight excluding hydrogens is 134 g/mol. The molecule has 0 saturated heterocycles. The maximum atomic E-state index is 10.8. The van der Waals surface area contributed by atoms with E-state index in [1.807, 2.05) is 0 Å². The van der Waals surface area contributed by atoms with Crippen molar-refractivity contribution < 1.29 is 14.7 Å². The lowest BCUT2D eigenvalue weighted by atomic mass is 10.1. The smallest absolute Gasteiger partial charge is 0.147 e. The van der Waals surface area contributed by atoms with Gasteiger partial charge in [0.05, 0.1) is 12.0 Å². The molecule has 0 bridgehead atoms. The van der Waals surface area contributed by atoms with Gasteiger partial charge in [0.15, 0.2) is 0 Å². The Morgan fingerprint density at radius 3 is 2.50 bits per heavy atom. The van der Waals surface area contributed by atoms with Gasteiger partial charge in [0.2, 0.25) is 0 Å². The van der Waals surface area contributed by atoms with Crippen LogP contribution < -0.4 is 5.73 Å². The minimum atomic E-state index is -0.831.